The first-order chi connectivity index (χ1) is 19.7. The summed E-state index contributed by atoms with van der Waals surface area (Å²) in [4.78, 5) is 22.9. The molecule has 3 aromatic rings. The summed E-state index contributed by atoms with van der Waals surface area (Å²) in [6, 6.07) is 18.6. The van der Waals surface area contributed by atoms with Crippen molar-refractivity contribution in [3.63, 3.8) is 0 Å². The molecule has 2 saturated heterocycles. The fourth-order valence-corrected chi connectivity index (χ4v) is 4.66. The van der Waals surface area contributed by atoms with Crippen LogP contribution in [0.1, 0.15) is 30.4 Å². The van der Waals surface area contributed by atoms with Gasteiger partial charge in [0.1, 0.15) is 0 Å². The van der Waals surface area contributed by atoms with Gasteiger partial charge in [-0.3, -0.25) is 4.90 Å². The van der Waals surface area contributed by atoms with E-state index in [-0.39, 0.29) is 0 Å². The zero-order valence-corrected chi connectivity index (χ0v) is 22.4. The normalized spacial score (nSPS) is 15.8. The molecule has 2 fully saturated rings. The summed E-state index contributed by atoms with van der Waals surface area (Å²) in [6.07, 6.45) is 0.602. The predicted octanol–water partition coefficient (Wildman–Crippen LogP) is 5.21. The van der Waals surface area contributed by atoms with Gasteiger partial charge in [-0.2, -0.15) is 18.4 Å². The number of morpholine rings is 1. The second-order valence-electron chi connectivity index (χ2n) is 9.71. The lowest BCUT2D eigenvalue weighted by Gasteiger charge is -2.29. The second kappa shape index (κ2) is 13.9. The number of aromatic nitrogens is 2. The molecule has 9 nitrogen and oxygen atoms in total. The molecule has 216 valence electrons. The molecule has 2 aliphatic heterocycles. The minimum atomic E-state index is -5.08. The number of likely N-dealkylation sites (tertiary alicyclic amines) is 1. The third kappa shape index (κ3) is 8.89. The number of halogens is 3. The lowest BCUT2D eigenvalue weighted by atomic mass is 10.1. The number of nitriles is 1. The molecule has 0 bridgehead atoms. The van der Waals surface area contributed by atoms with E-state index >= 15 is 0 Å². The molecule has 3 heterocycles. The van der Waals surface area contributed by atoms with Crippen LogP contribution in [0, 0.1) is 11.3 Å². The number of carbonyl (C=O) groups is 1. The average Bonchev–Trinajstić information content (AvgIpc) is 2.98. The maximum absolute atomic E-state index is 10.6. The molecule has 41 heavy (non-hydrogen) atoms. The van der Waals surface area contributed by atoms with Crippen LogP contribution in [-0.2, 0) is 16.1 Å². The van der Waals surface area contributed by atoms with Crippen LogP contribution in [0.2, 0.25) is 0 Å². The van der Waals surface area contributed by atoms with Gasteiger partial charge in [0.25, 0.3) is 0 Å². The lowest BCUT2D eigenvalue weighted by molar-refractivity contribution is -0.192. The Morgan fingerprint density at radius 2 is 1.78 bits per heavy atom. The van der Waals surface area contributed by atoms with Gasteiger partial charge in [0.2, 0.25) is 5.95 Å². The standard InChI is InChI=1S/C27H30N6O.C2HF3O2/c28-19-22-15-23(18-25(17-22)33-11-13-34-14-12-33)26-7-8-29-27(31-26)30-24-6-4-5-21(16-24)20-32-9-2-1-3-10-32;3-2(4,5)1(6)7/h4-8,15-18H,1-3,9-14,20H2,(H,29,30,31);(H,6,7). The van der Waals surface area contributed by atoms with Crippen LogP contribution in [-0.4, -0.2) is 71.5 Å². The highest BCUT2D eigenvalue weighted by molar-refractivity contribution is 5.73. The van der Waals surface area contributed by atoms with E-state index in [9.17, 15) is 18.4 Å². The van der Waals surface area contributed by atoms with Crippen molar-refractivity contribution >= 4 is 23.3 Å². The SMILES string of the molecule is N#Cc1cc(-c2ccnc(Nc3cccc(CN4CCCCC4)c3)n2)cc(N2CCOCC2)c1.O=C(O)C(F)(F)F. The number of rotatable bonds is 6. The van der Waals surface area contributed by atoms with Crippen LogP contribution >= 0.6 is 0 Å². The number of alkyl halides is 3. The molecule has 0 aliphatic carbocycles. The van der Waals surface area contributed by atoms with Crippen molar-refractivity contribution in [3.05, 3.63) is 65.9 Å². The quantitative estimate of drug-likeness (QED) is 0.413. The minimum absolute atomic E-state index is 0.544. The van der Waals surface area contributed by atoms with Crippen molar-refractivity contribution in [2.75, 3.05) is 49.6 Å². The zero-order chi connectivity index (χ0) is 29.2. The van der Waals surface area contributed by atoms with Crippen LogP contribution < -0.4 is 10.2 Å². The number of carboxylic acid groups (broad SMARTS) is 1. The molecule has 0 saturated carbocycles. The number of hydrogen-bond donors (Lipinski definition) is 2. The van der Waals surface area contributed by atoms with Gasteiger partial charge in [-0.15, -0.1) is 0 Å². The number of anilines is 3. The average molecular weight is 569 g/mol. The zero-order valence-electron chi connectivity index (χ0n) is 22.4. The Kier molecular flexibility index (Phi) is 10.1. The van der Waals surface area contributed by atoms with Gasteiger partial charge in [0, 0.05) is 42.8 Å². The van der Waals surface area contributed by atoms with Gasteiger partial charge >= 0.3 is 12.1 Å². The van der Waals surface area contributed by atoms with Crippen molar-refractivity contribution < 1.29 is 27.8 Å². The van der Waals surface area contributed by atoms with Crippen molar-refractivity contribution in [2.24, 2.45) is 0 Å². The molecule has 0 unspecified atom stereocenters. The number of hydrogen-bond acceptors (Lipinski definition) is 8. The molecule has 2 aliphatic rings. The number of aliphatic carboxylic acids is 1. The predicted molar refractivity (Wildman–Crippen MR) is 148 cm³/mol. The van der Waals surface area contributed by atoms with Crippen LogP contribution in [0.25, 0.3) is 11.3 Å². The van der Waals surface area contributed by atoms with Crippen LogP contribution in [0.5, 0.6) is 0 Å². The monoisotopic (exact) mass is 568 g/mol. The maximum Gasteiger partial charge on any atom is 0.490 e. The highest BCUT2D eigenvalue weighted by atomic mass is 19.4. The Balaban J connectivity index is 0.000000493. The fourth-order valence-electron chi connectivity index (χ4n) is 4.66. The maximum atomic E-state index is 10.6. The van der Waals surface area contributed by atoms with E-state index in [0.717, 1.165) is 42.3 Å². The van der Waals surface area contributed by atoms with E-state index < -0.39 is 12.1 Å². The summed E-state index contributed by atoms with van der Waals surface area (Å²) in [5, 5.41) is 20.1. The summed E-state index contributed by atoms with van der Waals surface area (Å²) in [6.45, 7) is 6.36. The Morgan fingerprint density at radius 3 is 2.46 bits per heavy atom. The van der Waals surface area contributed by atoms with Gasteiger partial charge in [-0.1, -0.05) is 18.6 Å². The molecule has 5 rings (SSSR count). The van der Waals surface area contributed by atoms with Crippen molar-refractivity contribution in [1.82, 2.24) is 14.9 Å². The Hall–Kier alpha value is -4.21. The lowest BCUT2D eigenvalue weighted by Crippen LogP contribution is -2.36. The van der Waals surface area contributed by atoms with Crippen molar-refractivity contribution in [1.29, 1.82) is 5.26 Å². The molecule has 12 heteroatoms. The first-order valence-electron chi connectivity index (χ1n) is 13.3. The van der Waals surface area contributed by atoms with E-state index in [1.165, 1.54) is 37.9 Å². The first-order valence-corrected chi connectivity index (χ1v) is 13.3. The fraction of sp³-hybridized carbons (Fsp3) is 0.379. The van der Waals surface area contributed by atoms with Crippen molar-refractivity contribution in [3.8, 4) is 17.3 Å². The topological polar surface area (TPSA) is 115 Å². The summed E-state index contributed by atoms with van der Waals surface area (Å²) >= 11 is 0. The Morgan fingerprint density at radius 1 is 1.05 bits per heavy atom. The van der Waals surface area contributed by atoms with Crippen molar-refractivity contribution in [2.45, 2.75) is 32.0 Å². The number of nitrogens with zero attached hydrogens (tertiary/aromatic N) is 5. The van der Waals surface area contributed by atoms with E-state index in [1.807, 2.05) is 24.3 Å². The van der Waals surface area contributed by atoms with Gasteiger partial charge in [0.05, 0.1) is 30.5 Å². The third-order valence-electron chi connectivity index (χ3n) is 6.65. The molecule has 2 N–H and O–H groups in total. The Labute approximate surface area is 236 Å². The summed E-state index contributed by atoms with van der Waals surface area (Å²) in [7, 11) is 0. The van der Waals surface area contributed by atoms with Gasteiger partial charge in [0.15, 0.2) is 0 Å². The highest BCUT2D eigenvalue weighted by Gasteiger charge is 2.38. The van der Waals surface area contributed by atoms with Crippen LogP contribution in [0.4, 0.5) is 30.5 Å². The van der Waals surface area contributed by atoms with Crippen LogP contribution in [0.15, 0.2) is 54.7 Å². The number of nitrogens with one attached hydrogen (secondary N) is 1. The van der Waals surface area contributed by atoms with E-state index in [0.29, 0.717) is 24.7 Å². The third-order valence-corrected chi connectivity index (χ3v) is 6.65. The number of benzene rings is 2. The highest BCUT2D eigenvalue weighted by Crippen LogP contribution is 2.27. The summed E-state index contributed by atoms with van der Waals surface area (Å²) < 4.78 is 37.2. The number of ether oxygens (including phenoxy) is 1. The van der Waals surface area contributed by atoms with Gasteiger partial charge in [-0.05, 0) is 67.9 Å². The number of piperidine rings is 1. The van der Waals surface area contributed by atoms with Gasteiger partial charge < -0.3 is 20.1 Å². The van der Waals surface area contributed by atoms with Gasteiger partial charge in [-0.25, -0.2) is 14.8 Å². The van der Waals surface area contributed by atoms with E-state index in [1.54, 1.807) is 6.20 Å². The minimum Gasteiger partial charge on any atom is -0.475 e. The largest absolute Gasteiger partial charge is 0.490 e. The Bertz CT molecular complexity index is 1370. The molecule has 1 aromatic heterocycles. The number of carboxylic acids is 1. The summed E-state index contributed by atoms with van der Waals surface area (Å²) in [5.74, 6) is -2.21. The summed E-state index contributed by atoms with van der Waals surface area (Å²) in [5.41, 5.74) is 5.61. The second-order valence-corrected chi connectivity index (χ2v) is 9.71. The molecule has 0 radical (unpaired) electrons. The smallest absolute Gasteiger partial charge is 0.475 e. The molecule has 0 amide bonds. The van der Waals surface area contributed by atoms with E-state index in [2.05, 4.69) is 50.4 Å². The van der Waals surface area contributed by atoms with Crippen LogP contribution in [0.3, 0.4) is 0 Å². The molecule has 0 atom stereocenters. The first kappa shape index (κ1) is 29.8. The van der Waals surface area contributed by atoms with E-state index in [4.69, 9.17) is 19.6 Å². The molecular formula is C29H31F3N6O3. The molecule has 2 aromatic carbocycles. The molecular weight excluding hydrogens is 537 g/mol. The molecule has 0 spiro atoms.